The second kappa shape index (κ2) is 5.96. The summed E-state index contributed by atoms with van der Waals surface area (Å²) in [7, 11) is -1.19. The van der Waals surface area contributed by atoms with Crippen molar-refractivity contribution >= 4 is 19.0 Å². The van der Waals surface area contributed by atoms with Crippen molar-refractivity contribution in [2.75, 3.05) is 6.61 Å². The van der Waals surface area contributed by atoms with Crippen molar-refractivity contribution in [1.82, 2.24) is 5.32 Å². The minimum absolute atomic E-state index is 0.248. The molecule has 1 aliphatic heterocycles. The molecule has 0 fully saturated rings. The smallest absolute Gasteiger partial charge is 0.534 e. The lowest BCUT2D eigenvalue weighted by Gasteiger charge is -2.28. The summed E-state index contributed by atoms with van der Waals surface area (Å²) >= 11 is 0. The maximum Gasteiger partial charge on any atom is 0.547 e. The number of carbonyl (C=O) groups is 2. The second-order valence-corrected chi connectivity index (χ2v) is 4.53. The van der Waals surface area contributed by atoms with Crippen LogP contribution in [0.1, 0.15) is 29.8 Å². The molecule has 1 heterocycles. The van der Waals surface area contributed by atoms with E-state index >= 15 is 0 Å². The summed E-state index contributed by atoms with van der Waals surface area (Å²) < 4.78 is 10.3. The first-order valence-corrected chi connectivity index (χ1v) is 6.43. The highest BCUT2D eigenvalue weighted by Crippen LogP contribution is 2.30. The molecule has 1 unspecified atom stereocenters. The highest BCUT2D eigenvalue weighted by Gasteiger charge is 2.37. The summed E-state index contributed by atoms with van der Waals surface area (Å²) in [6, 6.07) is 5.10. The Balaban J connectivity index is 2.28. The third-order valence-electron chi connectivity index (χ3n) is 3.00. The van der Waals surface area contributed by atoms with Crippen LogP contribution >= 0.6 is 0 Å². The van der Waals surface area contributed by atoms with Crippen molar-refractivity contribution in [3.63, 3.8) is 0 Å². The van der Waals surface area contributed by atoms with E-state index in [4.69, 9.17) is 9.39 Å². The van der Waals surface area contributed by atoms with Gasteiger partial charge in [0.15, 0.2) is 0 Å². The summed E-state index contributed by atoms with van der Waals surface area (Å²) in [4.78, 5) is 22.9. The number of para-hydroxylation sites is 1. The van der Waals surface area contributed by atoms with Gasteiger partial charge in [-0.3, -0.25) is 4.79 Å². The molecule has 0 spiro atoms. The summed E-state index contributed by atoms with van der Waals surface area (Å²) in [6.07, 6.45) is 0.392. The molecule has 1 aliphatic rings. The lowest BCUT2D eigenvalue weighted by molar-refractivity contribution is -0.119. The summed E-state index contributed by atoms with van der Waals surface area (Å²) in [5.41, 5.74) is 1.03. The van der Waals surface area contributed by atoms with Crippen molar-refractivity contribution in [3.8, 4) is 5.75 Å². The molecule has 0 saturated carbocycles. The summed E-state index contributed by atoms with van der Waals surface area (Å²) in [5, 5.41) is 12.5. The number of benzene rings is 1. The van der Waals surface area contributed by atoms with E-state index in [1.807, 2.05) is 0 Å². The number of fused-ring (bicyclic) bond motifs is 1. The van der Waals surface area contributed by atoms with Crippen LogP contribution in [-0.2, 0) is 16.0 Å². The minimum Gasteiger partial charge on any atom is -0.534 e. The molecule has 0 aliphatic carbocycles. The number of amides is 1. The van der Waals surface area contributed by atoms with Gasteiger partial charge in [-0.25, -0.2) is 4.79 Å². The normalized spacial score (nSPS) is 16.9. The average Bonchev–Trinajstić information content (AvgIpc) is 2.38. The number of esters is 1. The third kappa shape index (κ3) is 2.93. The van der Waals surface area contributed by atoms with Crippen molar-refractivity contribution in [3.05, 3.63) is 29.3 Å². The Morgan fingerprint density at radius 1 is 1.55 bits per heavy atom. The minimum atomic E-state index is -1.19. The van der Waals surface area contributed by atoms with E-state index < -0.39 is 19.0 Å². The van der Waals surface area contributed by atoms with Gasteiger partial charge in [-0.1, -0.05) is 12.1 Å². The van der Waals surface area contributed by atoms with Crippen LogP contribution in [-0.4, -0.2) is 36.6 Å². The number of rotatable bonds is 3. The quantitative estimate of drug-likeness (QED) is 0.614. The predicted molar refractivity (Wildman–Crippen MR) is 72.3 cm³/mol. The molecule has 6 nitrogen and oxygen atoms in total. The van der Waals surface area contributed by atoms with Gasteiger partial charge in [0.25, 0.3) is 0 Å². The molecule has 1 amide bonds. The summed E-state index contributed by atoms with van der Waals surface area (Å²) in [6.45, 7) is 3.35. The van der Waals surface area contributed by atoms with Crippen molar-refractivity contribution in [2.24, 2.45) is 0 Å². The fraction of sp³-hybridized carbons (Fsp3) is 0.385. The zero-order chi connectivity index (χ0) is 14.7. The van der Waals surface area contributed by atoms with Crippen molar-refractivity contribution in [2.45, 2.75) is 26.2 Å². The van der Waals surface area contributed by atoms with Crippen molar-refractivity contribution < 1.29 is 24.0 Å². The molecular weight excluding hydrogens is 261 g/mol. The molecule has 2 rings (SSSR count). The Labute approximate surface area is 117 Å². The van der Waals surface area contributed by atoms with E-state index in [-0.39, 0.29) is 18.1 Å². The molecule has 2 N–H and O–H groups in total. The first-order chi connectivity index (χ1) is 9.52. The van der Waals surface area contributed by atoms with Crippen molar-refractivity contribution in [1.29, 1.82) is 0 Å². The molecule has 1 aromatic carbocycles. The van der Waals surface area contributed by atoms with Crippen LogP contribution in [0.4, 0.5) is 0 Å². The maximum atomic E-state index is 11.8. The molecule has 0 radical (unpaired) electrons. The maximum absolute atomic E-state index is 11.8. The lowest BCUT2D eigenvalue weighted by Crippen LogP contribution is -2.52. The van der Waals surface area contributed by atoms with E-state index in [9.17, 15) is 14.6 Å². The van der Waals surface area contributed by atoms with Gasteiger partial charge < -0.3 is 19.7 Å². The van der Waals surface area contributed by atoms with Gasteiger partial charge in [-0.2, -0.15) is 0 Å². The van der Waals surface area contributed by atoms with E-state index in [2.05, 4.69) is 5.32 Å². The fourth-order valence-electron chi connectivity index (χ4n) is 2.18. The Kier molecular flexibility index (Phi) is 4.29. The van der Waals surface area contributed by atoms with Gasteiger partial charge in [-0.05, 0) is 25.0 Å². The van der Waals surface area contributed by atoms with Gasteiger partial charge in [0.2, 0.25) is 5.91 Å². The number of hydrogen-bond donors (Lipinski definition) is 2. The van der Waals surface area contributed by atoms with E-state index in [0.717, 1.165) is 5.56 Å². The highest BCUT2D eigenvalue weighted by atomic mass is 16.5. The molecule has 20 heavy (non-hydrogen) atoms. The Bertz CT molecular complexity index is 533. The van der Waals surface area contributed by atoms with E-state index in [1.54, 1.807) is 25.1 Å². The molecular formula is C13H16BNO5. The Morgan fingerprint density at radius 3 is 2.95 bits per heavy atom. The lowest BCUT2D eigenvalue weighted by atomic mass is 9.72. The first kappa shape index (κ1) is 14.4. The van der Waals surface area contributed by atoms with Crippen LogP contribution in [0.2, 0.25) is 0 Å². The topological polar surface area (TPSA) is 84.9 Å². The Morgan fingerprint density at radius 2 is 2.30 bits per heavy atom. The molecule has 7 heteroatoms. The zero-order valence-electron chi connectivity index (χ0n) is 11.4. The number of nitrogens with one attached hydrogen (secondary N) is 1. The van der Waals surface area contributed by atoms with Gasteiger partial charge >= 0.3 is 13.1 Å². The number of carbonyl (C=O) groups excluding carboxylic acids is 2. The standard InChI is InChI=1S/C13H16BNO5/c1-3-19-13(17)10-6-4-5-9-7-11(15-8(2)16)14(18)20-12(9)10/h4-6,11,18H,3,7H2,1-2H3,(H,15,16). The first-order valence-electron chi connectivity index (χ1n) is 6.43. The van der Waals surface area contributed by atoms with Crippen LogP contribution in [0.3, 0.4) is 0 Å². The monoisotopic (exact) mass is 277 g/mol. The van der Waals surface area contributed by atoms with Crippen LogP contribution in [0.25, 0.3) is 0 Å². The van der Waals surface area contributed by atoms with Gasteiger partial charge in [0.1, 0.15) is 11.3 Å². The third-order valence-corrected chi connectivity index (χ3v) is 3.00. The molecule has 106 valence electrons. The van der Waals surface area contributed by atoms with E-state index in [1.165, 1.54) is 6.92 Å². The number of hydrogen-bond acceptors (Lipinski definition) is 5. The van der Waals surface area contributed by atoms with Crippen LogP contribution in [0, 0.1) is 0 Å². The highest BCUT2D eigenvalue weighted by molar-refractivity contribution is 6.47. The van der Waals surface area contributed by atoms with Crippen LogP contribution in [0.5, 0.6) is 5.75 Å². The average molecular weight is 277 g/mol. The van der Waals surface area contributed by atoms with Gasteiger partial charge in [0, 0.05) is 6.92 Å². The van der Waals surface area contributed by atoms with Gasteiger partial charge in [-0.15, -0.1) is 0 Å². The molecule has 0 aromatic heterocycles. The molecule has 1 atom stereocenters. The van der Waals surface area contributed by atoms with Crippen LogP contribution < -0.4 is 9.97 Å². The number of ether oxygens (including phenoxy) is 1. The predicted octanol–water partition coefficient (Wildman–Crippen LogP) is 0.323. The largest absolute Gasteiger partial charge is 0.547 e. The molecule has 0 bridgehead atoms. The van der Waals surface area contributed by atoms with E-state index in [0.29, 0.717) is 12.2 Å². The Hall–Kier alpha value is -2.02. The molecule has 0 saturated heterocycles. The van der Waals surface area contributed by atoms with Gasteiger partial charge in [0.05, 0.1) is 12.5 Å². The fourth-order valence-corrected chi connectivity index (χ4v) is 2.18. The van der Waals surface area contributed by atoms with Crippen LogP contribution in [0.15, 0.2) is 18.2 Å². The summed E-state index contributed by atoms with van der Waals surface area (Å²) in [5.74, 6) is -0.949. The second-order valence-electron chi connectivity index (χ2n) is 4.53. The SMILES string of the molecule is CCOC(=O)c1cccc2c1OB(O)C(NC(C)=O)C2. The zero-order valence-corrected chi connectivity index (χ0v) is 11.4. The molecule has 1 aromatic rings.